The van der Waals surface area contributed by atoms with Gasteiger partial charge in [-0.15, -0.1) is 0 Å². The maximum absolute atomic E-state index is 12.5. The number of carbonyl (C=O) groups is 1. The summed E-state index contributed by atoms with van der Waals surface area (Å²) in [6.45, 7) is 6.45. The van der Waals surface area contributed by atoms with Crippen LogP contribution in [0.5, 0.6) is 0 Å². The van der Waals surface area contributed by atoms with E-state index in [1.807, 2.05) is 6.92 Å². The lowest BCUT2D eigenvalue weighted by molar-refractivity contribution is -0.124. The third-order valence-corrected chi connectivity index (χ3v) is 5.43. The molecule has 2 saturated heterocycles. The zero-order chi connectivity index (χ0) is 15.0. The number of carbonyl (C=O) groups excluding carboxylic acids is 1. The van der Waals surface area contributed by atoms with Gasteiger partial charge in [0.05, 0.1) is 0 Å². The largest absolute Gasteiger partial charge is 0.310 e. The Labute approximate surface area is 128 Å². The molecule has 0 radical (unpaired) electrons. The summed E-state index contributed by atoms with van der Waals surface area (Å²) >= 11 is 0. The van der Waals surface area contributed by atoms with Crippen molar-refractivity contribution in [1.29, 1.82) is 0 Å². The van der Waals surface area contributed by atoms with Crippen LogP contribution < -0.4 is 5.32 Å². The standard InChI is InChI=1S/C19H27NO/c1-4-18(21)19-16(11-15-9-10-17(19)20-15)14-7-5-13(6-8-14)12(2)3/h5-8,12,15-17,19-20H,4,9-11H2,1-3H3/t15-,16+,17+,19-/m0/s1. The van der Waals surface area contributed by atoms with Crippen LogP contribution >= 0.6 is 0 Å². The SMILES string of the molecule is CCC(=O)[C@H]1[C@@H](c2ccc(C(C)C)cc2)C[C@@H]2CC[C@H]1N2. The summed E-state index contributed by atoms with van der Waals surface area (Å²) in [5.41, 5.74) is 2.75. The van der Waals surface area contributed by atoms with Gasteiger partial charge in [0.1, 0.15) is 5.78 Å². The van der Waals surface area contributed by atoms with Crippen LogP contribution in [-0.2, 0) is 4.79 Å². The molecule has 114 valence electrons. The lowest BCUT2D eigenvalue weighted by atomic mass is 9.74. The summed E-state index contributed by atoms with van der Waals surface area (Å²) in [5.74, 6) is 1.60. The van der Waals surface area contributed by atoms with Crippen molar-refractivity contribution in [3.8, 4) is 0 Å². The smallest absolute Gasteiger partial charge is 0.137 e. The summed E-state index contributed by atoms with van der Waals surface area (Å²) in [7, 11) is 0. The average molecular weight is 285 g/mol. The number of ketones is 1. The van der Waals surface area contributed by atoms with E-state index >= 15 is 0 Å². The molecular weight excluding hydrogens is 258 g/mol. The van der Waals surface area contributed by atoms with Crippen LogP contribution in [0.2, 0.25) is 0 Å². The highest BCUT2D eigenvalue weighted by atomic mass is 16.1. The van der Waals surface area contributed by atoms with Gasteiger partial charge < -0.3 is 5.32 Å². The molecule has 0 aromatic heterocycles. The molecule has 2 bridgehead atoms. The van der Waals surface area contributed by atoms with Gasteiger partial charge in [-0.05, 0) is 42.2 Å². The highest BCUT2D eigenvalue weighted by Crippen LogP contribution is 2.42. The number of benzene rings is 1. The van der Waals surface area contributed by atoms with Gasteiger partial charge in [0.2, 0.25) is 0 Å². The van der Waals surface area contributed by atoms with E-state index in [1.54, 1.807) is 0 Å². The van der Waals surface area contributed by atoms with E-state index in [0.29, 0.717) is 36.1 Å². The fraction of sp³-hybridized carbons (Fsp3) is 0.632. The van der Waals surface area contributed by atoms with Crippen molar-refractivity contribution in [1.82, 2.24) is 5.32 Å². The number of nitrogens with one attached hydrogen (secondary N) is 1. The summed E-state index contributed by atoms with van der Waals surface area (Å²) in [6, 6.07) is 10.0. The normalized spacial score (nSPS) is 31.6. The summed E-state index contributed by atoms with van der Waals surface area (Å²) < 4.78 is 0. The number of piperidine rings is 1. The molecule has 0 saturated carbocycles. The van der Waals surface area contributed by atoms with E-state index < -0.39 is 0 Å². The summed E-state index contributed by atoms with van der Waals surface area (Å²) in [6.07, 6.45) is 4.18. The molecule has 0 aliphatic carbocycles. The van der Waals surface area contributed by atoms with Crippen molar-refractivity contribution in [2.75, 3.05) is 0 Å². The molecule has 1 N–H and O–H groups in total. The molecule has 2 aliphatic rings. The average Bonchev–Trinajstić information content (AvgIpc) is 2.88. The van der Waals surface area contributed by atoms with Crippen molar-refractivity contribution < 1.29 is 4.79 Å². The fourth-order valence-electron chi connectivity index (χ4n) is 4.21. The van der Waals surface area contributed by atoms with Gasteiger partial charge >= 0.3 is 0 Å². The Bertz CT molecular complexity index is 505. The molecular formula is C19H27NO. The quantitative estimate of drug-likeness (QED) is 0.905. The van der Waals surface area contributed by atoms with Crippen molar-refractivity contribution in [2.45, 2.75) is 70.4 Å². The first-order chi connectivity index (χ1) is 10.1. The molecule has 1 aromatic rings. The topological polar surface area (TPSA) is 29.1 Å². The van der Waals surface area contributed by atoms with Gasteiger partial charge in [-0.2, -0.15) is 0 Å². The fourth-order valence-corrected chi connectivity index (χ4v) is 4.21. The maximum atomic E-state index is 12.5. The number of hydrogen-bond acceptors (Lipinski definition) is 2. The van der Waals surface area contributed by atoms with E-state index in [1.165, 1.54) is 24.0 Å². The van der Waals surface area contributed by atoms with E-state index in [-0.39, 0.29) is 5.92 Å². The summed E-state index contributed by atoms with van der Waals surface area (Å²) in [4.78, 5) is 12.5. The molecule has 2 nitrogen and oxygen atoms in total. The number of hydrogen-bond donors (Lipinski definition) is 1. The molecule has 2 heteroatoms. The second-order valence-electron chi connectivity index (χ2n) is 7.06. The van der Waals surface area contributed by atoms with Crippen LogP contribution in [0.3, 0.4) is 0 Å². The van der Waals surface area contributed by atoms with Gasteiger partial charge in [0.15, 0.2) is 0 Å². The molecule has 0 amide bonds. The molecule has 2 heterocycles. The summed E-state index contributed by atoms with van der Waals surface area (Å²) in [5, 5.41) is 3.66. The number of Topliss-reactive ketones (excluding diaryl/α,β-unsaturated/α-hetero) is 1. The van der Waals surface area contributed by atoms with Gasteiger partial charge in [0.25, 0.3) is 0 Å². The van der Waals surface area contributed by atoms with Crippen LogP contribution in [0.25, 0.3) is 0 Å². The van der Waals surface area contributed by atoms with Crippen LogP contribution in [-0.4, -0.2) is 17.9 Å². The third-order valence-electron chi connectivity index (χ3n) is 5.43. The Morgan fingerprint density at radius 1 is 1.24 bits per heavy atom. The molecule has 2 fully saturated rings. The molecule has 1 aromatic carbocycles. The minimum absolute atomic E-state index is 0.179. The van der Waals surface area contributed by atoms with Gasteiger partial charge in [-0.25, -0.2) is 0 Å². The third kappa shape index (κ3) is 2.78. The molecule has 3 rings (SSSR count). The van der Waals surface area contributed by atoms with Crippen LogP contribution in [0.1, 0.15) is 69.4 Å². The zero-order valence-electron chi connectivity index (χ0n) is 13.4. The molecule has 2 aliphatic heterocycles. The van der Waals surface area contributed by atoms with Crippen LogP contribution in [0.4, 0.5) is 0 Å². The first kappa shape index (κ1) is 14.8. The van der Waals surface area contributed by atoms with Crippen LogP contribution in [0.15, 0.2) is 24.3 Å². The molecule has 0 spiro atoms. The highest BCUT2D eigenvalue weighted by Gasteiger charge is 2.44. The van der Waals surface area contributed by atoms with Crippen molar-refractivity contribution >= 4 is 5.78 Å². The predicted octanol–water partition coefficient (Wildman–Crippen LogP) is 4.01. The lowest BCUT2D eigenvalue weighted by Crippen LogP contribution is -2.47. The second kappa shape index (κ2) is 5.92. The minimum Gasteiger partial charge on any atom is -0.310 e. The number of rotatable bonds is 4. The Morgan fingerprint density at radius 2 is 1.95 bits per heavy atom. The van der Waals surface area contributed by atoms with Crippen molar-refractivity contribution in [2.24, 2.45) is 5.92 Å². The van der Waals surface area contributed by atoms with Gasteiger partial charge in [-0.3, -0.25) is 4.79 Å². The number of fused-ring (bicyclic) bond motifs is 2. The minimum atomic E-state index is 0.179. The van der Waals surface area contributed by atoms with Gasteiger partial charge in [0, 0.05) is 24.4 Å². The molecule has 4 atom stereocenters. The van der Waals surface area contributed by atoms with Gasteiger partial charge in [-0.1, -0.05) is 45.0 Å². The first-order valence-corrected chi connectivity index (χ1v) is 8.48. The molecule has 21 heavy (non-hydrogen) atoms. The Morgan fingerprint density at radius 3 is 2.57 bits per heavy atom. The zero-order valence-corrected chi connectivity index (χ0v) is 13.4. The maximum Gasteiger partial charge on any atom is 0.137 e. The highest BCUT2D eigenvalue weighted by molar-refractivity contribution is 5.82. The van der Waals surface area contributed by atoms with E-state index in [0.717, 1.165) is 6.42 Å². The Balaban J connectivity index is 1.89. The van der Waals surface area contributed by atoms with E-state index in [2.05, 4.69) is 43.4 Å². The van der Waals surface area contributed by atoms with E-state index in [9.17, 15) is 4.79 Å². The van der Waals surface area contributed by atoms with Crippen molar-refractivity contribution in [3.63, 3.8) is 0 Å². The monoisotopic (exact) mass is 285 g/mol. The predicted molar refractivity (Wildman–Crippen MR) is 86.6 cm³/mol. The van der Waals surface area contributed by atoms with E-state index in [4.69, 9.17) is 0 Å². The molecule has 0 unspecified atom stereocenters. The first-order valence-electron chi connectivity index (χ1n) is 8.48. The Kier molecular flexibility index (Phi) is 4.17. The lowest BCUT2D eigenvalue weighted by Gasteiger charge is -2.37. The van der Waals surface area contributed by atoms with Crippen LogP contribution in [0, 0.1) is 5.92 Å². The van der Waals surface area contributed by atoms with Crippen molar-refractivity contribution in [3.05, 3.63) is 35.4 Å². The Hall–Kier alpha value is -1.15. The second-order valence-corrected chi connectivity index (χ2v) is 7.06.